The number of hydrogen-bond donors (Lipinski definition) is 2. The lowest BCUT2D eigenvalue weighted by molar-refractivity contribution is 0.117. The Bertz CT molecular complexity index is 590. The van der Waals surface area contributed by atoms with Gasteiger partial charge in [0.1, 0.15) is 30.1 Å². The Labute approximate surface area is 122 Å². The Kier molecular flexibility index (Phi) is 5.05. The average Bonchev–Trinajstić information content (AvgIpc) is 2.48. The molecule has 2 aromatic rings. The molecule has 6 heteroatoms. The van der Waals surface area contributed by atoms with E-state index in [4.69, 9.17) is 4.74 Å². The van der Waals surface area contributed by atoms with Gasteiger partial charge in [0.25, 0.3) is 0 Å². The number of nitrogens with one attached hydrogen (secondary N) is 1. The predicted molar refractivity (Wildman–Crippen MR) is 77.9 cm³/mol. The van der Waals surface area contributed by atoms with Crippen LogP contribution in [0.2, 0.25) is 0 Å². The fraction of sp³-hybridized carbons (Fsp3) is 0.333. The fourth-order valence-electron chi connectivity index (χ4n) is 1.64. The maximum absolute atomic E-state index is 12.7. The van der Waals surface area contributed by atoms with Crippen LogP contribution in [0.5, 0.6) is 5.75 Å². The van der Waals surface area contributed by atoms with Gasteiger partial charge >= 0.3 is 0 Å². The van der Waals surface area contributed by atoms with Gasteiger partial charge in [-0.2, -0.15) is 5.10 Å². The van der Waals surface area contributed by atoms with Crippen molar-refractivity contribution in [2.24, 2.45) is 0 Å². The Hall–Kier alpha value is -2.21. The molecule has 1 aromatic carbocycles. The van der Waals surface area contributed by atoms with Crippen molar-refractivity contribution in [2.75, 3.05) is 18.5 Å². The second-order valence-electron chi connectivity index (χ2n) is 4.80. The molecular weight excluding hydrogens is 273 g/mol. The molecule has 1 atom stereocenters. The standard InChI is InChI=1S/C15H18FN3O2/c1-10-7-15(19-18-11(10)2)17-8-13(20)9-21-14-5-3-12(16)4-6-14/h3-7,13,20H,8-9H2,1-2H3,(H,17,19). The zero-order valence-corrected chi connectivity index (χ0v) is 12.0. The van der Waals surface area contributed by atoms with E-state index in [0.29, 0.717) is 18.1 Å². The molecule has 0 amide bonds. The normalized spacial score (nSPS) is 12.0. The highest BCUT2D eigenvalue weighted by molar-refractivity contribution is 5.37. The van der Waals surface area contributed by atoms with Gasteiger partial charge in [-0.15, -0.1) is 5.10 Å². The minimum atomic E-state index is -0.710. The maximum Gasteiger partial charge on any atom is 0.149 e. The summed E-state index contributed by atoms with van der Waals surface area (Å²) in [6.07, 6.45) is -0.710. The number of aliphatic hydroxyl groups is 1. The van der Waals surface area contributed by atoms with E-state index in [1.807, 2.05) is 19.9 Å². The molecule has 2 rings (SSSR count). The van der Waals surface area contributed by atoms with Gasteiger partial charge in [0, 0.05) is 6.54 Å². The minimum Gasteiger partial charge on any atom is -0.491 e. The number of rotatable bonds is 6. The van der Waals surface area contributed by atoms with Crippen molar-refractivity contribution < 1.29 is 14.2 Å². The zero-order valence-electron chi connectivity index (χ0n) is 12.0. The molecule has 21 heavy (non-hydrogen) atoms. The molecule has 1 unspecified atom stereocenters. The van der Waals surface area contributed by atoms with Gasteiger partial charge in [0.05, 0.1) is 5.69 Å². The molecule has 1 aromatic heterocycles. The van der Waals surface area contributed by atoms with Crippen LogP contribution >= 0.6 is 0 Å². The van der Waals surface area contributed by atoms with Crippen LogP contribution in [0.25, 0.3) is 0 Å². The summed E-state index contributed by atoms with van der Waals surface area (Å²) in [4.78, 5) is 0. The van der Waals surface area contributed by atoms with Gasteiger partial charge in [-0.05, 0) is 49.7 Å². The lowest BCUT2D eigenvalue weighted by Crippen LogP contribution is -2.26. The van der Waals surface area contributed by atoms with Crippen LogP contribution in [0.1, 0.15) is 11.3 Å². The van der Waals surface area contributed by atoms with Crippen LogP contribution < -0.4 is 10.1 Å². The van der Waals surface area contributed by atoms with Crippen molar-refractivity contribution >= 4 is 5.82 Å². The number of nitrogens with zero attached hydrogens (tertiary/aromatic N) is 2. The van der Waals surface area contributed by atoms with Crippen LogP contribution in [0.4, 0.5) is 10.2 Å². The van der Waals surface area contributed by atoms with Gasteiger partial charge in [-0.3, -0.25) is 0 Å². The SMILES string of the molecule is Cc1cc(NCC(O)COc2ccc(F)cc2)nnc1C. The second-order valence-corrected chi connectivity index (χ2v) is 4.80. The van der Waals surface area contributed by atoms with E-state index in [1.54, 1.807) is 0 Å². The summed E-state index contributed by atoms with van der Waals surface area (Å²) in [5.74, 6) is 0.804. The van der Waals surface area contributed by atoms with E-state index >= 15 is 0 Å². The van der Waals surface area contributed by atoms with Gasteiger partial charge in [0.2, 0.25) is 0 Å². The lowest BCUT2D eigenvalue weighted by Gasteiger charge is -2.13. The first-order valence-corrected chi connectivity index (χ1v) is 6.66. The first kappa shape index (κ1) is 15.2. The van der Waals surface area contributed by atoms with E-state index < -0.39 is 6.10 Å². The molecule has 112 valence electrons. The van der Waals surface area contributed by atoms with E-state index in [0.717, 1.165) is 11.3 Å². The number of ether oxygens (including phenoxy) is 1. The molecule has 0 spiro atoms. The number of benzene rings is 1. The van der Waals surface area contributed by atoms with Crippen molar-refractivity contribution in [1.82, 2.24) is 10.2 Å². The van der Waals surface area contributed by atoms with Crippen molar-refractivity contribution in [1.29, 1.82) is 0 Å². The highest BCUT2D eigenvalue weighted by Gasteiger charge is 2.07. The van der Waals surface area contributed by atoms with E-state index in [9.17, 15) is 9.50 Å². The molecular formula is C15H18FN3O2. The zero-order chi connectivity index (χ0) is 15.2. The molecule has 0 radical (unpaired) electrons. The van der Waals surface area contributed by atoms with Crippen LogP contribution in [0.3, 0.4) is 0 Å². The molecule has 0 aliphatic rings. The Morgan fingerprint density at radius 2 is 1.95 bits per heavy atom. The molecule has 0 saturated heterocycles. The second kappa shape index (κ2) is 6.99. The predicted octanol–water partition coefficient (Wildman–Crippen LogP) is 2.08. The molecule has 1 heterocycles. The average molecular weight is 291 g/mol. The molecule has 0 aliphatic heterocycles. The van der Waals surface area contributed by atoms with E-state index in [2.05, 4.69) is 15.5 Å². The highest BCUT2D eigenvalue weighted by atomic mass is 19.1. The first-order chi connectivity index (χ1) is 10.0. The topological polar surface area (TPSA) is 67.3 Å². The largest absolute Gasteiger partial charge is 0.491 e. The summed E-state index contributed by atoms with van der Waals surface area (Å²) in [6.45, 7) is 4.23. The smallest absolute Gasteiger partial charge is 0.149 e. The highest BCUT2D eigenvalue weighted by Crippen LogP contribution is 2.11. The Morgan fingerprint density at radius 3 is 2.62 bits per heavy atom. The van der Waals surface area contributed by atoms with Crippen molar-refractivity contribution in [3.05, 3.63) is 47.4 Å². The maximum atomic E-state index is 12.7. The Balaban J connectivity index is 1.77. The quantitative estimate of drug-likeness (QED) is 0.853. The number of aliphatic hydroxyl groups excluding tert-OH is 1. The fourth-order valence-corrected chi connectivity index (χ4v) is 1.64. The molecule has 5 nitrogen and oxygen atoms in total. The first-order valence-electron chi connectivity index (χ1n) is 6.66. The number of aromatic nitrogens is 2. The van der Waals surface area contributed by atoms with Gasteiger partial charge in [-0.1, -0.05) is 0 Å². The van der Waals surface area contributed by atoms with Crippen LogP contribution in [0.15, 0.2) is 30.3 Å². The minimum absolute atomic E-state index is 0.108. The summed E-state index contributed by atoms with van der Waals surface area (Å²) < 4.78 is 18.1. The van der Waals surface area contributed by atoms with E-state index in [-0.39, 0.29) is 12.4 Å². The number of anilines is 1. The van der Waals surface area contributed by atoms with Crippen LogP contribution in [-0.4, -0.2) is 34.6 Å². The molecule has 0 bridgehead atoms. The summed E-state index contributed by atoms with van der Waals surface area (Å²) in [7, 11) is 0. The molecule has 0 saturated carbocycles. The van der Waals surface area contributed by atoms with Crippen molar-refractivity contribution in [3.8, 4) is 5.75 Å². The number of hydrogen-bond acceptors (Lipinski definition) is 5. The van der Waals surface area contributed by atoms with Gasteiger partial charge in [0.15, 0.2) is 0 Å². The summed E-state index contributed by atoms with van der Waals surface area (Å²) in [5.41, 5.74) is 1.91. The van der Waals surface area contributed by atoms with E-state index in [1.165, 1.54) is 24.3 Å². The molecule has 0 aliphatic carbocycles. The summed E-state index contributed by atoms with van der Waals surface area (Å²) >= 11 is 0. The van der Waals surface area contributed by atoms with Gasteiger partial charge in [-0.25, -0.2) is 4.39 Å². The molecule has 2 N–H and O–H groups in total. The Morgan fingerprint density at radius 1 is 1.24 bits per heavy atom. The van der Waals surface area contributed by atoms with Gasteiger partial charge < -0.3 is 15.2 Å². The van der Waals surface area contributed by atoms with Crippen molar-refractivity contribution in [3.63, 3.8) is 0 Å². The third-order valence-electron chi connectivity index (χ3n) is 3.01. The monoisotopic (exact) mass is 291 g/mol. The van der Waals surface area contributed by atoms with Crippen LogP contribution in [-0.2, 0) is 0 Å². The number of aryl methyl sites for hydroxylation is 2. The summed E-state index contributed by atoms with van der Waals surface area (Å²) in [6, 6.07) is 7.53. The summed E-state index contributed by atoms with van der Waals surface area (Å²) in [5, 5.41) is 20.8. The molecule has 0 fully saturated rings. The lowest BCUT2D eigenvalue weighted by atomic mass is 10.2. The van der Waals surface area contributed by atoms with Crippen molar-refractivity contribution in [2.45, 2.75) is 20.0 Å². The van der Waals surface area contributed by atoms with Crippen LogP contribution in [0, 0.1) is 19.7 Å². The number of halogens is 1. The third-order valence-corrected chi connectivity index (χ3v) is 3.01. The third kappa shape index (κ3) is 4.68.